The summed E-state index contributed by atoms with van der Waals surface area (Å²) >= 11 is 0. The maximum Gasteiger partial charge on any atom is 0.289 e. The zero-order chi connectivity index (χ0) is 17.4. The topological polar surface area (TPSA) is 74.0 Å². The average molecular weight is 346 g/mol. The largest absolute Gasteiger partial charge is 0.453 e. The van der Waals surface area contributed by atoms with Gasteiger partial charge in [-0.3, -0.25) is 9.59 Å². The highest BCUT2D eigenvalue weighted by Crippen LogP contribution is 2.42. The first-order valence-electron chi connectivity index (χ1n) is 9.43. The van der Waals surface area contributed by atoms with E-state index in [1.165, 1.54) is 12.8 Å². The van der Waals surface area contributed by atoms with Gasteiger partial charge in [0.1, 0.15) is 12.4 Å². The van der Waals surface area contributed by atoms with Crippen molar-refractivity contribution in [3.05, 3.63) is 23.7 Å². The fourth-order valence-corrected chi connectivity index (χ4v) is 4.82. The molecule has 0 aromatic carbocycles. The van der Waals surface area contributed by atoms with Crippen molar-refractivity contribution >= 4 is 11.8 Å². The number of likely N-dealkylation sites (tertiary alicyclic amines) is 2. The molecule has 3 fully saturated rings. The molecule has 1 unspecified atom stereocenters. The smallest absolute Gasteiger partial charge is 0.289 e. The number of hydrogen-bond donors (Lipinski definition) is 1. The molecule has 1 aliphatic carbocycles. The van der Waals surface area contributed by atoms with Gasteiger partial charge in [-0.05, 0) is 44.2 Å². The third-order valence-electron chi connectivity index (χ3n) is 6.20. The van der Waals surface area contributed by atoms with E-state index in [0.29, 0.717) is 24.9 Å². The van der Waals surface area contributed by atoms with Crippen molar-refractivity contribution in [1.29, 1.82) is 0 Å². The summed E-state index contributed by atoms with van der Waals surface area (Å²) in [4.78, 5) is 29.8. The third kappa shape index (κ3) is 2.86. The maximum atomic E-state index is 13.2. The van der Waals surface area contributed by atoms with Crippen molar-refractivity contribution < 1.29 is 19.1 Å². The third-order valence-corrected chi connectivity index (χ3v) is 6.20. The molecule has 1 N–H and O–H groups in total. The number of hydrogen-bond acceptors (Lipinski definition) is 4. The Morgan fingerprint density at radius 3 is 2.72 bits per heavy atom. The van der Waals surface area contributed by atoms with E-state index < -0.39 is 5.41 Å². The quantitative estimate of drug-likeness (QED) is 0.910. The van der Waals surface area contributed by atoms with Gasteiger partial charge in [-0.1, -0.05) is 12.8 Å². The predicted octanol–water partition coefficient (Wildman–Crippen LogP) is 2.17. The lowest BCUT2D eigenvalue weighted by atomic mass is 9.77. The van der Waals surface area contributed by atoms with Gasteiger partial charge in [0, 0.05) is 25.7 Å². The molecular formula is C19H26N2O4. The summed E-state index contributed by atoms with van der Waals surface area (Å²) in [6, 6.07) is 3.63. The number of furan rings is 1. The van der Waals surface area contributed by atoms with E-state index in [0.717, 1.165) is 38.6 Å². The van der Waals surface area contributed by atoms with Gasteiger partial charge in [-0.15, -0.1) is 0 Å². The fraction of sp³-hybridized carbons (Fsp3) is 0.684. The van der Waals surface area contributed by atoms with Gasteiger partial charge in [0.25, 0.3) is 5.91 Å². The van der Waals surface area contributed by atoms with Crippen LogP contribution in [0.25, 0.3) is 0 Å². The number of carbonyl (C=O) groups is 2. The lowest BCUT2D eigenvalue weighted by Crippen LogP contribution is -2.53. The van der Waals surface area contributed by atoms with Crippen molar-refractivity contribution in [2.24, 2.45) is 5.41 Å². The summed E-state index contributed by atoms with van der Waals surface area (Å²) in [7, 11) is 0. The van der Waals surface area contributed by atoms with Crippen molar-refractivity contribution in [2.75, 3.05) is 19.6 Å². The minimum Gasteiger partial charge on any atom is -0.453 e. The van der Waals surface area contributed by atoms with Crippen molar-refractivity contribution in [1.82, 2.24) is 9.80 Å². The fourth-order valence-electron chi connectivity index (χ4n) is 4.82. The number of rotatable bonds is 3. The number of carbonyl (C=O) groups excluding carboxylic acids is 2. The Morgan fingerprint density at radius 1 is 1.20 bits per heavy atom. The van der Waals surface area contributed by atoms with Crippen LogP contribution in [0.2, 0.25) is 0 Å². The molecule has 25 heavy (non-hydrogen) atoms. The molecule has 0 radical (unpaired) electrons. The second-order valence-corrected chi connectivity index (χ2v) is 7.72. The highest BCUT2D eigenvalue weighted by atomic mass is 16.4. The molecule has 3 heterocycles. The normalized spacial score (nSPS) is 27.6. The SMILES string of the molecule is O=C(c1ccc(CO)o1)N1CCC2(CCCN(C3CCCC3)C2=O)C1. The van der Waals surface area contributed by atoms with E-state index in [9.17, 15) is 9.59 Å². The predicted molar refractivity (Wildman–Crippen MR) is 90.8 cm³/mol. The van der Waals surface area contributed by atoms with Crippen LogP contribution in [0, 0.1) is 5.41 Å². The summed E-state index contributed by atoms with van der Waals surface area (Å²) in [5.74, 6) is 0.717. The summed E-state index contributed by atoms with van der Waals surface area (Å²) in [6.45, 7) is 1.74. The molecule has 1 aromatic heterocycles. The molecule has 6 nitrogen and oxygen atoms in total. The molecular weight excluding hydrogens is 320 g/mol. The summed E-state index contributed by atoms with van der Waals surface area (Å²) in [5.41, 5.74) is -0.400. The van der Waals surface area contributed by atoms with Gasteiger partial charge in [0.15, 0.2) is 5.76 Å². The molecule has 3 aliphatic rings. The van der Waals surface area contributed by atoms with Gasteiger partial charge in [0.2, 0.25) is 5.91 Å². The number of aliphatic hydroxyl groups excluding tert-OH is 1. The summed E-state index contributed by atoms with van der Waals surface area (Å²) in [6.07, 6.45) is 7.34. The van der Waals surface area contributed by atoms with E-state index in [4.69, 9.17) is 9.52 Å². The maximum absolute atomic E-state index is 13.2. The first-order valence-corrected chi connectivity index (χ1v) is 9.43. The van der Waals surface area contributed by atoms with E-state index in [-0.39, 0.29) is 24.2 Å². The number of nitrogens with zero attached hydrogens (tertiary/aromatic N) is 2. The number of piperidine rings is 1. The Labute approximate surface area is 147 Å². The van der Waals surface area contributed by atoms with Gasteiger partial charge in [-0.25, -0.2) is 0 Å². The van der Waals surface area contributed by atoms with Crippen LogP contribution < -0.4 is 0 Å². The highest BCUT2D eigenvalue weighted by molar-refractivity contribution is 5.93. The second-order valence-electron chi connectivity index (χ2n) is 7.72. The molecule has 1 saturated carbocycles. The Kier molecular flexibility index (Phi) is 4.31. The van der Waals surface area contributed by atoms with Gasteiger partial charge in [0.05, 0.1) is 5.41 Å². The zero-order valence-electron chi connectivity index (χ0n) is 14.6. The van der Waals surface area contributed by atoms with Crippen molar-refractivity contribution in [3.63, 3.8) is 0 Å². The number of amides is 2. The standard InChI is InChI=1S/C19H26N2O4/c22-12-15-6-7-16(25-15)17(23)20-11-9-19(13-20)8-3-10-21(18(19)24)14-4-1-2-5-14/h6-7,14,22H,1-5,8-13H2. The lowest BCUT2D eigenvalue weighted by Gasteiger charge is -2.42. The van der Waals surface area contributed by atoms with Gasteiger partial charge in [-0.2, -0.15) is 0 Å². The Bertz CT molecular complexity index is 664. The molecule has 4 rings (SSSR count). The van der Waals surface area contributed by atoms with E-state index in [2.05, 4.69) is 4.90 Å². The van der Waals surface area contributed by atoms with Crippen LogP contribution in [0.5, 0.6) is 0 Å². The van der Waals surface area contributed by atoms with E-state index in [1.54, 1.807) is 17.0 Å². The second kappa shape index (κ2) is 6.48. The molecule has 1 atom stereocenters. The van der Waals surface area contributed by atoms with Crippen molar-refractivity contribution in [2.45, 2.75) is 57.6 Å². The Hall–Kier alpha value is -1.82. The minimum absolute atomic E-state index is 0.178. The lowest BCUT2D eigenvalue weighted by molar-refractivity contribution is -0.148. The highest BCUT2D eigenvalue weighted by Gasteiger charge is 2.51. The first-order chi connectivity index (χ1) is 12.1. The Morgan fingerprint density at radius 2 is 2.00 bits per heavy atom. The van der Waals surface area contributed by atoms with Crippen LogP contribution in [-0.4, -0.2) is 52.4 Å². The monoisotopic (exact) mass is 346 g/mol. The molecule has 0 bridgehead atoms. The molecule has 2 aliphatic heterocycles. The van der Waals surface area contributed by atoms with Crippen LogP contribution in [0.15, 0.2) is 16.5 Å². The van der Waals surface area contributed by atoms with Crippen LogP contribution in [-0.2, 0) is 11.4 Å². The average Bonchev–Trinajstić information content (AvgIpc) is 3.38. The summed E-state index contributed by atoms with van der Waals surface area (Å²) in [5, 5.41) is 9.10. The molecule has 2 saturated heterocycles. The molecule has 1 spiro atoms. The minimum atomic E-state index is -0.400. The number of aliphatic hydroxyl groups is 1. The molecule has 1 aromatic rings. The van der Waals surface area contributed by atoms with Crippen LogP contribution in [0.4, 0.5) is 0 Å². The van der Waals surface area contributed by atoms with Crippen molar-refractivity contribution in [3.8, 4) is 0 Å². The van der Waals surface area contributed by atoms with E-state index in [1.807, 2.05) is 0 Å². The Balaban J connectivity index is 1.48. The molecule has 136 valence electrons. The van der Waals surface area contributed by atoms with Crippen LogP contribution >= 0.6 is 0 Å². The van der Waals surface area contributed by atoms with E-state index >= 15 is 0 Å². The summed E-state index contributed by atoms with van der Waals surface area (Å²) < 4.78 is 5.38. The van der Waals surface area contributed by atoms with Gasteiger partial charge < -0.3 is 19.3 Å². The zero-order valence-corrected chi connectivity index (χ0v) is 14.6. The first kappa shape index (κ1) is 16.6. The molecule has 6 heteroatoms. The van der Waals surface area contributed by atoms with Crippen LogP contribution in [0.3, 0.4) is 0 Å². The van der Waals surface area contributed by atoms with Gasteiger partial charge >= 0.3 is 0 Å². The molecule has 2 amide bonds. The van der Waals surface area contributed by atoms with Crippen LogP contribution in [0.1, 0.15) is 61.3 Å².